The molecule has 9 heteroatoms. The zero-order valence-electron chi connectivity index (χ0n) is 17.5. The minimum Gasteiger partial charge on any atom is -0.393 e. The molecule has 1 aromatic carbocycles. The third kappa shape index (κ3) is 4.34. The van der Waals surface area contributed by atoms with Gasteiger partial charge in [-0.05, 0) is 62.3 Å². The fourth-order valence-corrected chi connectivity index (χ4v) is 5.17. The molecule has 1 saturated carbocycles. The molecule has 2 aromatic heterocycles. The number of imidazole rings is 1. The van der Waals surface area contributed by atoms with Crippen molar-refractivity contribution < 1.29 is 13.5 Å². The van der Waals surface area contributed by atoms with Gasteiger partial charge in [0.2, 0.25) is 10.0 Å². The molecule has 0 spiro atoms. The van der Waals surface area contributed by atoms with Gasteiger partial charge in [-0.2, -0.15) is 0 Å². The number of aromatic nitrogens is 3. The van der Waals surface area contributed by atoms with Crippen LogP contribution in [0.2, 0.25) is 0 Å². The Hall–Kier alpha value is -2.75. The topological polar surface area (TPSA) is 123 Å². The summed E-state index contributed by atoms with van der Waals surface area (Å²) in [6, 6.07) is 5.06. The molecular formula is C22H27N5O3S. The number of sulfonamides is 1. The number of nitrogen functional groups attached to an aromatic ring is 1. The molecule has 0 atom stereocenters. The third-order valence-corrected chi connectivity index (χ3v) is 7.34. The minimum atomic E-state index is -3.67. The van der Waals surface area contributed by atoms with E-state index in [4.69, 9.17) is 5.73 Å². The first-order chi connectivity index (χ1) is 14.8. The highest BCUT2D eigenvalue weighted by atomic mass is 32.2. The van der Waals surface area contributed by atoms with E-state index in [0.29, 0.717) is 17.9 Å². The number of anilines is 1. The molecule has 1 aliphatic rings. The van der Waals surface area contributed by atoms with E-state index in [0.717, 1.165) is 42.5 Å². The number of rotatable bonds is 6. The van der Waals surface area contributed by atoms with Gasteiger partial charge in [-0.15, -0.1) is 0 Å². The quantitative estimate of drug-likeness (QED) is 0.541. The number of hydrogen-bond donors (Lipinski definition) is 3. The Morgan fingerprint density at radius 1 is 1.32 bits per heavy atom. The predicted molar refractivity (Wildman–Crippen MR) is 121 cm³/mol. The Bertz CT molecular complexity index is 1230. The van der Waals surface area contributed by atoms with Crippen molar-refractivity contribution in [2.45, 2.75) is 43.6 Å². The maximum absolute atomic E-state index is 13.0. The molecule has 0 aliphatic heterocycles. The molecule has 2 heterocycles. The van der Waals surface area contributed by atoms with Crippen LogP contribution < -0.4 is 10.5 Å². The number of nitrogens with two attached hydrogens (primary N) is 1. The minimum absolute atomic E-state index is 0.199. The lowest BCUT2D eigenvalue weighted by atomic mass is 9.88. The van der Waals surface area contributed by atoms with Crippen LogP contribution in [0.25, 0.3) is 23.0 Å². The zero-order valence-corrected chi connectivity index (χ0v) is 18.3. The van der Waals surface area contributed by atoms with Gasteiger partial charge in [0, 0.05) is 18.3 Å². The number of aryl methyl sites for hydroxylation is 1. The number of hydrogen-bond acceptors (Lipinski definition) is 6. The van der Waals surface area contributed by atoms with Crippen molar-refractivity contribution in [3.05, 3.63) is 48.4 Å². The maximum Gasteiger partial charge on any atom is 0.240 e. The van der Waals surface area contributed by atoms with E-state index in [2.05, 4.69) is 21.3 Å². The smallest absolute Gasteiger partial charge is 0.240 e. The Kier molecular flexibility index (Phi) is 5.83. The fraction of sp³-hybridized carbons (Fsp3) is 0.364. The number of nitrogens with zero attached hydrogens (tertiary/aromatic N) is 3. The summed E-state index contributed by atoms with van der Waals surface area (Å²) in [5.74, 6) is 0.527. The molecule has 8 nitrogen and oxygen atoms in total. The predicted octanol–water partition coefficient (Wildman–Crippen LogP) is 2.76. The molecule has 4 rings (SSSR count). The molecule has 0 bridgehead atoms. The number of aliphatic hydroxyl groups is 1. The standard InChI is InChI=1S/C22H27N5O3S/c1-3-16-13-27-20(12-24-22(27)21(23)26-16)19-10-18(9-4-14(19)2)31(29,30)25-11-15-5-7-17(28)8-6-15/h3-4,9-10,12-13,15,17,25,28H,1,5-8,11H2,2H3,(H2,23,26). The molecular weight excluding hydrogens is 414 g/mol. The fourth-order valence-electron chi connectivity index (χ4n) is 4.03. The van der Waals surface area contributed by atoms with E-state index < -0.39 is 10.0 Å². The molecule has 3 aromatic rings. The second-order valence-corrected chi connectivity index (χ2v) is 9.86. The lowest BCUT2D eigenvalue weighted by molar-refractivity contribution is 0.109. The van der Waals surface area contributed by atoms with E-state index in [1.165, 1.54) is 0 Å². The Balaban J connectivity index is 1.65. The van der Waals surface area contributed by atoms with Crippen molar-refractivity contribution >= 4 is 27.6 Å². The lowest BCUT2D eigenvalue weighted by Gasteiger charge is -2.25. The van der Waals surface area contributed by atoms with Gasteiger partial charge >= 0.3 is 0 Å². The summed E-state index contributed by atoms with van der Waals surface area (Å²) in [5.41, 5.74) is 9.51. The lowest BCUT2D eigenvalue weighted by Crippen LogP contribution is -2.32. The van der Waals surface area contributed by atoms with Crippen LogP contribution in [0, 0.1) is 12.8 Å². The SMILES string of the molecule is C=Cc1cn2c(-c3cc(S(=O)(=O)NCC4CCC(O)CC4)ccc3C)cnc2c(N)n1. The molecule has 0 unspecified atom stereocenters. The summed E-state index contributed by atoms with van der Waals surface area (Å²) in [5, 5.41) is 9.64. The summed E-state index contributed by atoms with van der Waals surface area (Å²) >= 11 is 0. The number of aliphatic hydroxyl groups excluding tert-OH is 1. The molecule has 164 valence electrons. The molecule has 0 radical (unpaired) electrons. The van der Waals surface area contributed by atoms with Crippen molar-refractivity contribution in [3.63, 3.8) is 0 Å². The van der Waals surface area contributed by atoms with Crippen LogP contribution in [0.1, 0.15) is 36.9 Å². The van der Waals surface area contributed by atoms with Crippen molar-refractivity contribution in [1.29, 1.82) is 0 Å². The Morgan fingerprint density at radius 2 is 2.06 bits per heavy atom. The highest BCUT2D eigenvalue weighted by molar-refractivity contribution is 7.89. The van der Waals surface area contributed by atoms with Crippen LogP contribution in [0.5, 0.6) is 0 Å². The van der Waals surface area contributed by atoms with Crippen LogP contribution in [0.4, 0.5) is 5.82 Å². The Morgan fingerprint density at radius 3 is 2.77 bits per heavy atom. The first-order valence-corrected chi connectivity index (χ1v) is 11.8. The highest BCUT2D eigenvalue weighted by Crippen LogP contribution is 2.29. The zero-order chi connectivity index (χ0) is 22.2. The average molecular weight is 442 g/mol. The van der Waals surface area contributed by atoms with Gasteiger partial charge in [0.25, 0.3) is 0 Å². The summed E-state index contributed by atoms with van der Waals surface area (Å²) < 4.78 is 30.5. The second-order valence-electron chi connectivity index (χ2n) is 8.10. The van der Waals surface area contributed by atoms with Gasteiger partial charge in [0.1, 0.15) is 0 Å². The van der Waals surface area contributed by atoms with Crippen LogP contribution in [-0.4, -0.2) is 40.5 Å². The maximum atomic E-state index is 13.0. The molecule has 0 amide bonds. The monoisotopic (exact) mass is 441 g/mol. The van der Waals surface area contributed by atoms with E-state index in [9.17, 15) is 13.5 Å². The molecule has 1 fully saturated rings. The van der Waals surface area contributed by atoms with Crippen LogP contribution in [0.3, 0.4) is 0 Å². The van der Waals surface area contributed by atoms with Crippen LogP contribution >= 0.6 is 0 Å². The molecule has 1 aliphatic carbocycles. The molecule has 0 saturated heterocycles. The van der Waals surface area contributed by atoms with Crippen molar-refractivity contribution in [3.8, 4) is 11.3 Å². The summed E-state index contributed by atoms with van der Waals surface area (Å²) in [6.45, 7) is 6.03. The van der Waals surface area contributed by atoms with Gasteiger partial charge in [-0.3, -0.25) is 4.40 Å². The van der Waals surface area contributed by atoms with Crippen molar-refractivity contribution in [2.75, 3.05) is 12.3 Å². The largest absolute Gasteiger partial charge is 0.393 e. The number of fused-ring (bicyclic) bond motifs is 1. The highest BCUT2D eigenvalue weighted by Gasteiger charge is 2.23. The second kappa shape index (κ2) is 8.41. The van der Waals surface area contributed by atoms with Gasteiger partial charge in [0.05, 0.1) is 28.6 Å². The van der Waals surface area contributed by atoms with E-state index >= 15 is 0 Å². The van der Waals surface area contributed by atoms with Crippen LogP contribution in [-0.2, 0) is 10.0 Å². The van der Waals surface area contributed by atoms with E-state index in [-0.39, 0.29) is 22.7 Å². The summed E-state index contributed by atoms with van der Waals surface area (Å²) in [4.78, 5) is 8.80. The first-order valence-electron chi connectivity index (χ1n) is 10.3. The van der Waals surface area contributed by atoms with Crippen molar-refractivity contribution in [2.24, 2.45) is 5.92 Å². The summed E-state index contributed by atoms with van der Waals surface area (Å²) in [7, 11) is -3.67. The summed E-state index contributed by atoms with van der Waals surface area (Å²) in [6.07, 6.45) is 7.87. The Labute approximate surface area is 181 Å². The average Bonchev–Trinajstić information content (AvgIpc) is 3.18. The first kappa shape index (κ1) is 21.5. The van der Waals surface area contributed by atoms with E-state index in [1.807, 2.05) is 6.92 Å². The normalized spacial score (nSPS) is 19.5. The van der Waals surface area contributed by atoms with Gasteiger partial charge in [0.15, 0.2) is 11.5 Å². The molecule has 4 N–H and O–H groups in total. The number of benzene rings is 1. The van der Waals surface area contributed by atoms with Gasteiger partial charge in [-0.1, -0.05) is 12.6 Å². The van der Waals surface area contributed by atoms with Gasteiger partial charge in [-0.25, -0.2) is 23.1 Å². The van der Waals surface area contributed by atoms with Gasteiger partial charge < -0.3 is 10.8 Å². The molecule has 31 heavy (non-hydrogen) atoms. The van der Waals surface area contributed by atoms with E-state index in [1.54, 1.807) is 41.1 Å². The third-order valence-electron chi connectivity index (χ3n) is 5.92. The van der Waals surface area contributed by atoms with Crippen molar-refractivity contribution in [1.82, 2.24) is 19.1 Å². The van der Waals surface area contributed by atoms with Crippen LogP contribution in [0.15, 0.2) is 42.1 Å². The number of nitrogens with one attached hydrogen (secondary N) is 1.